The van der Waals surface area contributed by atoms with Crippen LogP contribution in [0.25, 0.3) is 10.9 Å². The van der Waals surface area contributed by atoms with Gasteiger partial charge in [-0.25, -0.2) is 4.98 Å². The molecule has 1 unspecified atom stereocenters. The van der Waals surface area contributed by atoms with Crippen molar-refractivity contribution in [3.05, 3.63) is 63.4 Å². The van der Waals surface area contributed by atoms with Crippen LogP contribution in [-0.4, -0.2) is 34.4 Å². The van der Waals surface area contributed by atoms with Gasteiger partial charge in [0.05, 0.1) is 29.3 Å². The molecule has 6 nitrogen and oxygen atoms in total. The summed E-state index contributed by atoms with van der Waals surface area (Å²) < 4.78 is 6.68. The lowest BCUT2D eigenvalue weighted by Gasteiger charge is -2.17. The summed E-state index contributed by atoms with van der Waals surface area (Å²) in [6.07, 6.45) is 0. The molecule has 1 atom stereocenters. The number of benzene rings is 2. The predicted octanol–water partition coefficient (Wildman–Crippen LogP) is 4.12. The van der Waals surface area contributed by atoms with Gasteiger partial charge in [-0.15, -0.1) is 0 Å². The molecule has 3 rings (SSSR count). The van der Waals surface area contributed by atoms with Gasteiger partial charge in [0.2, 0.25) is 5.91 Å². The Kier molecular flexibility index (Phi) is 6.95. The SMILES string of the molecule is COCCn1c(SC(C)C(=O)Nc2ccccc2C)nc2cc(Cl)ccc2c1=O. The average Bonchev–Trinajstić information content (AvgIpc) is 2.69. The standard InChI is InChI=1S/C21H22ClN3O3S/c1-13-6-4-5-7-17(13)23-19(26)14(2)29-21-24-18-12-15(22)8-9-16(18)20(27)25(21)10-11-28-3/h4-9,12,14H,10-11H2,1-3H3,(H,23,26). The number of halogens is 1. The van der Waals surface area contributed by atoms with Gasteiger partial charge in [0, 0.05) is 17.8 Å². The van der Waals surface area contributed by atoms with Gasteiger partial charge in [0.15, 0.2) is 5.16 Å². The van der Waals surface area contributed by atoms with E-state index in [0.717, 1.165) is 11.3 Å². The third-order valence-corrected chi connectivity index (χ3v) is 5.78. The molecule has 1 heterocycles. The molecule has 0 fully saturated rings. The van der Waals surface area contributed by atoms with Crippen molar-refractivity contribution < 1.29 is 9.53 Å². The van der Waals surface area contributed by atoms with E-state index in [-0.39, 0.29) is 11.5 Å². The summed E-state index contributed by atoms with van der Waals surface area (Å²) in [5.74, 6) is -0.164. The number of carbonyl (C=O) groups is 1. The maximum Gasteiger partial charge on any atom is 0.262 e. The molecular weight excluding hydrogens is 410 g/mol. The topological polar surface area (TPSA) is 73.2 Å². The van der Waals surface area contributed by atoms with Crippen LogP contribution < -0.4 is 10.9 Å². The number of nitrogens with one attached hydrogen (secondary N) is 1. The van der Waals surface area contributed by atoms with Crippen molar-refractivity contribution in [2.75, 3.05) is 19.0 Å². The molecule has 1 aromatic heterocycles. The third-order valence-electron chi connectivity index (χ3n) is 4.46. The lowest BCUT2D eigenvalue weighted by molar-refractivity contribution is -0.115. The first kappa shape index (κ1) is 21.4. The van der Waals surface area contributed by atoms with Gasteiger partial charge in [-0.05, 0) is 43.7 Å². The van der Waals surface area contributed by atoms with Gasteiger partial charge in [-0.2, -0.15) is 0 Å². The number of carbonyl (C=O) groups excluding carboxylic acids is 1. The van der Waals surface area contributed by atoms with E-state index in [9.17, 15) is 9.59 Å². The highest BCUT2D eigenvalue weighted by Crippen LogP contribution is 2.25. The van der Waals surface area contributed by atoms with Crippen LogP contribution in [0.2, 0.25) is 5.02 Å². The number of hydrogen-bond donors (Lipinski definition) is 1. The van der Waals surface area contributed by atoms with Crippen molar-refractivity contribution in [1.82, 2.24) is 9.55 Å². The zero-order valence-corrected chi connectivity index (χ0v) is 18.0. The molecule has 0 aliphatic rings. The van der Waals surface area contributed by atoms with E-state index in [1.165, 1.54) is 11.8 Å². The molecule has 152 valence electrons. The largest absolute Gasteiger partial charge is 0.383 e. The second-order valence-electron chi connectivity index (χ2n) is 6.57. The normalized spacial score (nSPS) is 12.1. The Balaban J connectivity index is 1.91. The van der Waals surface area contributed by atoms with Crippen LogP contribution in [0.3, 0.4) is 0 Å². The highest BCUT2D eigenvalue weighted by molar-refractivity contribution is 8.00. The Hall–Kier alpha value is -2.35. The number of fused-ring (bicyclic) bond motifs is 1. The van der Waals surface area contributed by atoms with Gasteiger partial charge in [0.1, 0.15) is 0 Å². The van der Waals surface area contributed by atoms with E-state index in [1.807, 2.05) is 31.2 Å². The van der Waals surface area contributed by atoms with Gasteiger partial charge in [0.25, 0.3) is 5.56 Å². The zero-order chi connectivity index (χ0) is 21.0. The predicted molar refractivity (Wildman–Crippen MR) is 118 cm³/mol. The van der Waals surface area contributed by atoms with Crippen LogP contribution in [0.5, 0.6) is 0 Å². The first-order valence-electron chi connectivity index (χ1n) is 9.13. The lowest BCUT2D eigenvalue weighted by Crippen LogP contribution is -2.28. The zero-order valence-electron chi connectivity index (χ0n) is 16.4. The van der Waals surface area contributed by atoms with Crippen LogP contribution in [-0.2, 0) is 16.1 Å². The Morgan fingerprint density at radius 1 is 1.31 bits per heavy atom. The van der Waals surface area contributed by atoms with Crippen molar-refractivity contribution in [3.8, 4) is 0 Å². The highest BCUT2D eigenvalue weighted by Gasteiger charge is 2.20. The maximum atomic E-state index is 13.0. The summed E-state index contributed by atoms with van der Waals surface area (Å²) in [5, 5.41) is 3.90. The number of aromatic nitrogens is 2. The Morgan fingerprint density at radius 2 is 2.07 bits per heavy atom. The summed E-state index contributed by atoms with van der Waals surface area (Å²) in [4.78, 5) is 30.3. The van der Waals surface area contributed by atoms with E-state index in [4.69, 9.17) is 16.3 Å². The fourth-order valence-electron chi connectivity index (χ4n) is 2.80. The summed E-state index contributed by atoms with van der Waals surface area (Å²) in [6, 6.07) is 12.6. The molecule has 2 aromatic carbocycles. The molecule has 0 radical (unpaired) electrons. The molecule has 1 amide bonds. The number of aryl methyl sites for hydroxylation is 1. The van der Waals surface area contributed by atoms with Crippen molar-refractivity contribution in [1.29, 1.82) is 0 Å². The molecular formula is C21H22ClN3O3S. The first-order valence-corrected chi connectivity index (χ1v) is 10.4. The van der Waals surface area contributed by atoms with Gasteiger partial charge < -0.3 is 10.1 Å². The number of rotatable bonds is 7. The van der Waals surface area contributed by atoms with E-state index in [1.54, 1.807) is 36.8 Å². The molecule has 8 heteroatoms. The number of nitrogens with zero attached hydrogens (tertiary/aromatic N) is 2. The minimum atomic E-state index is -0.466. The van der Waals surface area contributed by atoms with Crippen molar-refractivity contribution in [3.63, 3.8) is 0 Å². The molecule has 1 N–H and O–H groups in total. The maximum absolute atomic E-state index is 13.0. The Labute approximate surface area is 178 Å². The summed E-state index contributed by atoms with van der Waals surface area (Å²) in [6.45, 7) is 4.42. The van der Waals surface area contributed by atoms with E-state index < -0.39 is 5.25 Å². The number of anilines is 1. The van der Waals surface area contributed by atoms with Gasteiger partial charge in [-0.3, -0.25) is 14.2 Å². The molecule has 0 aliphatic heterocycles. The van der Waals surface area contributed by atoms with Gasteiger partial charge in [-0.1, -0.05) is 41.6 Å². The van der Waals surface area contributed by atoms with Crippen LogP contribution in [0, 0.1) is 6.92 Å². The fourth-order valence-corrected chi connectivity index (χ4v) is 3.90. The molecule has 0 aliphatic carbocycles. The molecule has 0 spiro atoms. The number of para-hydroxylation sites is 1. The quantitative estimate of drug-likeness (QED) is 0.450. The third kappa shape index (κ3) is 4.98. The smallest absolute Gasteiger partial charge is 0.262 e. The fraction of sp³-hybridized carbons (Fsp3) is 0.286. The lowest BCUT2D eigenvalue weighted by atomic mass is 10.2. The Morgan fingerprint density at radius 3 is 2.79 bits per heavy atom. The minimum Gasteiger partial charge on any atom is -0.383 e. The monoisotopic (exact) mass is 431 g/mol. The Bertz CT molecular complexity index is 1100. The van der Waals surface area contributed by atoms with Crippen LogP contribution >= 0.6 is 23.4 Å². The van der Waals surface area contributed by atoms with Crippen LogP contribution in [0.1, 0.15) is 12.5 Å². The minimum absolute atomic E-state index is 0.164. The van der Waals surface area contributed by atoms with E-state index in [0.29, 0.717) is 34.2 Å². The molecule has 29 heavy (non-hydrogen) atoms. The summed E-state index contributed by atoms with van der Waals surface area (Å²) in [7, 11) is 1.57. The number of amides is 1. The average molecular weight is 432 g/mol. The van der Waals surface area contributed by atoms with Crippen molar-refractivity contribution in [2.24, 2.45) is 0 Å². The van der Waals surface area contributed by atoms with E-state index >= 15 is 0 Å². The van der Waals surface area contributed by atoms with Gasteiger partial charge >= 0.3 is 0 Å². The molecule has 3 aromatic rings. The molecule has 0 bridgehead atoms. The summed E-state index contributed by atoms with van der Waals surface area (Å²) in [5.41, 5.74) is 2.07. The molecule has 0 saturated heterocycles. The van der Waals surface area contributed by atoms with Crippen molar-refractivity contribution >= 4 is 45.9 Å². The summed E-state index contributed by atoms with van der Waals surface area (Å²) >= 11 is 7.30. The number of methoxy groups -OCH3 is 1. The number of ether oxygens (including phenoxy) is 1. The van der Waals surface area contributed by atoms with Crippen molar-refractivity contribution in [2.45, 2.75) is 30.8 Å². The first-order chi connectivity index (χ1) is 13.9. The molecule has 0 saturated carbocycles. The second-order valence-corrected chi connectivity index (χ2v) is 8.31. The van der Waals surface area contributed by atoms with Crippen LogP contribution in [0.15, 0.2) is 52.4 Å². The van der Waals surface area contributed by atoms with E-state index in [2.05, 4.69) is 10.3 Å². The number of hydrogen-bond acceptors (Lipinski definition) is 5. The number of thioether (sulfide) groups is 1. The second kappa shape index (κ2) is 9.43. The highest BCUT2D eigenvalue weighted by atomic mass is 35.5. The van der Waals surface area contributed by atoms with Crippen LogP contribution in [0.4, 0.5) is 5.69 Å².